The summed E-state index contributed by atoms with van der Waals surface area (Å²) in [6.07, 6.45) is 4.59. The molecule has 0 radical (unpaired) electrons. The highest BCUT2D eigenvalue weighted by Gasteiger charge is 2.26. The molecule has 0 bridgehead atoms. The third-order valence-electron chi connectivity index (χ3n) is 4.28. The third kappa shape index (κ3) is 2.99. The molecule has 1 unspecified atom stereocenters. The van der Waals surface area contributed by atoms with Crippen LogP contribution in [0.5, 0.6) is 0 Å². The van der Waals surface area contributed by atoms with E-state index in [0.717, 1.165) is 43.9 Å². The van der Waals surface area contributed by atoms with Crippen molar-refractivity contribution < 1.29 is 8.42 Å². The smallest absolute Gasteiger partial charge is 0.151 e. The lowest BCUT2D eigenvalue weighted by Gasteiger charge is -2.20. The van der Waals surface area contributed by atoms with Crippen LogP contribution in [0.25, 0.3) is 0 Å². The molecule has 0 aromatic carbocycles. The van der Waals surface area contributed by atoms with Crippen molar-refractivity contribution in [3.63, 3.8) is 0 Å². The van der Waals surface area contributed by atoms with Crippen LogP contribution in [0.4, 0.5) is 0 Å². The molecule has 0 saturated carbocycles. The summed E-state index contributed by atoms with van der Waals surface area (Å²) in [5.41, 5.74) is 0. The second kappa shape index (κ2) is 4.89. The Kier molecular flexibility index (Phi) is 3.37. The number of hydrogen-bond donors (Lipinski definition) is 0. The van der Waals surface area contributed by atoms with Crippen LogP contribution in [0, 0.1) is 11.8 Å². The molecule has 1 atom stereocenters. The van der Waals surface area contributed by atoms with Crippen molar-refractivity contribution in [3.8, 4) is 0 Å². The maximum atomic E-state index is 11.4. The highest BCUT2D eigenvalue weighted by molar-refractivity contribution is 7.91. The SMILES string of the molecule is CC1CCc2nc(CC3CCS(=O)(=O)CC3)nn2C1. The van der Waals surface area contributed by atoms with Gasteiger partial charge in [0.2, 0.25) is 0 Å². The number of rotatable bonds is 2. The molecule has 0 aliphatic carbocycles. The Morgan fingerprint density at radius 3 is 2.74 bits per heavy atom. The van der Waals surface area contributed by atoms with Gasteiger partial charge in [-0.1, -0.05) is 6.92 Å². The van der Waals surface area contributed by atoms with E-state index in [1.165, 1.54) is 6.42 Å². The Balaban J connectivity index is 1.65. The summed E-state index contributed by atoms with van der Waals surface area (Å²) in [6, 6.07) is 0. The fraction of sp³-hybridized carbons (Fsp3) is 0.846. The van der Waals surface area contributed by atoms with Crippen LogP contribution in [-0.4, -0.2) is 34.7 Å². The van der Waals surface area contributed by atoms with E-state index >= 15 is 0 Å². The first-order valence-corrected chi connectivity index (χ1v) is 8.97. The maximum Gasteiger partial charge on any atom is 0.151 e. The minimum absolute atomic E-state index is 0.336. The quantitative estimate of drug-likeness (QED) is 0.819. The van der Waals surface area contributed by atoms with E-state index in [9.17, 15) is 8.42 Å². The first kappa shape index (κ1) is 13.1. The molecular weight excluding hydrogens is 262 g/mol. The van der Waals surface area contributed by atoms with Crippen LogP contribution in [-0.2, 0) is 29.2 Å². The first-order chi connectivity index (χ1) is 9.02. The molecule has 3 rings (SSSR count). The van der Waals surface area contributed by atoms with Gasteiger partial charge in [-0.2, -0.15) is 5.10 Å². The summed E-state index contributed by atoms with van der Waals surface area (Å²) < 4.78 is 24.9. The zero-order valence-electron chi connectivity index (χ0n) is 11.4. The molecule has 5 nitrogen and oxygen atoms in total. The van der Waals surface area contributed by atoms with E-state index in [0.29, 0.717) is 23.3 Å². The fourth-order valence-corrected chi connectivity index (χ4v) is 4.60. The molecule has 1 aromatic heterocycles. The van der Waals surface area contributed by atoms with Gasteiger partial charge in [0.05, 0.1) is 11.5 Å². The molecule has 3 heterocycles. The highest BCUT2D eigenvalue weighted by Crippen LogP contribution is 2.23. The molecule has 1 aromatic rings. The normalized spacial score (nSPS) is 27.1. The summed E-state index contributed by atoms with van der Waals surface area (Å²) >= 11 is 0. The zero-order chi connectivity index (χ0) is 13.5. The molecule has 0 amide bonds. The van der Waals surface area contributed by atoms with Crippen molar-refractivity contribution in [3.05, 3.63) is 11.6 Å². The summed E-state index contributed by atoms with van der Waals surface area (Å²) in [7, 11) is -2.76. The van der Waals surface area contributed by atoms with E-state index in [1.807, 2.05) is 4.68 Å². The zero-order valence-corrected chi connectivity index (χ0v) is 12.2. The summed E-state index contributed by atoms with van der Waals surface area (Å²) in [6.45, 7) is 3.22. The Hall–Kier alpha value is -0.910. The van der Waals surface area contributed by atoms with Gasteiger partial charge in [-0.05, 0) is 31.1 Å². The summed E-state index contributed by atoms with van der Waals surface area (Å²) in [4.78, 5) is 4.62. The topological polar surface area (TPSA) is 64.8 Å². The molecule has 106 valence electrons. The molecule has 2 aliphatic rings. The highest BCUT2D eigenvalue weighted by atomic mass is 32.2. The largest absolute Gasteiger partial charge is 0.250 e. The summed E-state index contributed by atoms with van der Waals surface area (Å²) in [5.74, 6) is 3.81. The first-order valence-electron chi connectivity index (χ1n) is 7.15. The van der Waals surface area contributed by atoms with Gasteiger partial charge in [0.15, 0.2) is 5.82 Å². The van der Waals surface area contributed by atoms with Crippen molar-refractivity contribution in [2.45, 2.75) is 45.6 Å². The number of hydrogen-bond acceptors (Lipinski definition) is 4. The minimum atomic E-state index is -2.76. The lowest BCUT2D eigenvalue weighted by atomic mass is 9.99. The van der Waals surface area contributed by atoms with Crippen LogP contribution >= 0.6 is 0 Å². The van der Waals surface area contributed by atoms with E-state index in [4.69, 9.17) is 0 Å². The van der Waals surface area contributed by atoms with Gasteiger partial charge in [-0.15, -0.1) is 0 Å². The van der Waals surface area contributed by atoms with Gasteiger partial charge in [0.1, 0.15) is 15.7 Å². The molecule has 6 heteroatoms. The van der Waals surface area contributed by atoms with Gasteiger partial charge in [-0.3, -0.25) is 0 Å². The number of nitrogens with zero attached hydrogens (tertiary/aromatic N) is 3. The number of aryl methyl sites for hydroxylation is 1. The van der Waals surface area contributed by atoms with E-state index in [-0.39, 0.29) is 0 Å². The van der Waals surface area contributed by atoms with E-state index < -0.39 is 9.84 Å². The van der Waals surface area contributed by atoms with Crippen molar-refractivity contribution in [2.24, 2.45) is 11.8 Å². The third-order valence-corrected chi connectivity index (χ3v) is 6.00. The van der Waals surface area contributed by atoms with E-state index in [2.05, 4.69) is 17.0 Å². The molecule has 19 heavy (non-hydrogen) atoms. The second-order valence-corrected chi connectivity index (χ2v) is 8.37. The van der Waals surface area contributed by atoms with Gasteiger partial charge in [0.25, 0.3) is 0 Å². The molecule has 1 saturated heterocycles. The predicted octanol–water partition coefficient (Wildman–Crippen LogP) is 1.23. The van der Waals surface area contributed by atoms with Crippen LogP contribution < -0.4 is 0 Å². The Labute approximate surface area is 114 Å². The van der Waals surface area contributed by atoms with Crippen molar-refractivity contribution in [1.82, 2.24) is 14.8 Å². The minimum Gasteiger partial charge on any atom is -0.250 e. The van der Waals surface area contributed by atoms with Gasteiger partial charge >= 0.3 is 0 Å². The summed E-state index contributed by atoms with van der Waals surface area (Å²) in [5, 5.41) is 4.59. The Bertz CT molecular complexity index is 550. The monoisotopic (exact) mass is 283 g/mol. The maximum absolute atomic E-state index is 11.4. The number of sulfone groups is 1. The Morgan fingerprint density at radius 1 is 1.26 bits per heavy atom. The van der Waals surface area contributed by atoms with E-state index in [1.54, 1.807) is 0 Å². The Morgan fingerprint density at radius 2 is 2.00 bits per heavy atom. The van der Waals surface area contributed by atoms with Gasteiger partial charge in [-0.25, -0.2) is 18.1 Å². The molecule has 2 aliphatic heterocycles. The van der Waals surface area contributed by atoms with Crippen LogP contribution in [0.1, 0.15) is 37.8 Å². The van der Waals surface area contributed by atoms with Gasteiger partial charge < -0.3 is 0 Å². The standard InChI is InChI=1S/C13H21N3O2S/c1-10-2-3-13-14-12(15-16(13)9-10)8-11-4-6-19(17,18)7-5-11/h10-11H,2-9H2,1H3. The van der Waals surface area contributed by atoms with Crippen molar-refractivity contribution >= 4 is 9.84 Å². The average Bonchev–Trinajstić information content (AvgIpc) is 2.73. The van der Waals surface area contributed by atoms with Crippen molar-refractivity contribution in [1.29, 1.82) is 0 Å². The van der Waals surface area contributed by atoms with Crippen LogP contribution in [0.3, 0.4) is 0 Å². The fourth-order valence-electron chi connectivity index (χ4n) is 3.01. The number of aromatic nitrogens is 3. The lowest BCUT2D eigenvalue weighted by Crippen LogP contribution is -2.24. The molecule has 0 N–H and O–H groups in total. The average molecular weight is 283 g/mol. The lowest BCUT2D eigenvalue weighted by molar-refractivity contribution is 0.366. The van der Waals surface area contributed by atoms with Crippen LogP contribution in [0.15, 0.2) is 0 Å². The van der Waals surface area contributed by atoms with Crippen molar-refractivity contribution in [2.75, 3.05) is 11.5 Å². The molecular formula is C13H21N3O2S. The molecule has 0 spiro atoms. The molecule has 1 fully saturated rings. The second-order valence-electron chi connectivity index (χ2n) is 6.07. The predicted molar refractivity (Wildman–Crippen MR) is 72.6 cm³/mol. The number of fused-ring (bicyclic) bond motifs is 1. The van der Waals surface area contributed by atoms with Crippen LogP contribution in [0.2, 0.25) is 0 Å². The van der Waals surface area contributed by atoms with Gasteiger partial charge in [0, 0.05) is 19.4 Å².